The summed E-state index contributed by atoms with van der Waals surface area (Å²) >= 11 is 0. The number of amides is 1. The van der Waals surface area contributed by atoms with Crippen molar-refractivity contribution in [3.05, 3.63) is 66.0 Å². The largest absolute Gasteiger partial charge is 0.458 e. The van der Waals surface area contributed by atoms with Crippen LogP contribution in [-0.2, 0) is 44.6 Å². The maximum absolute atomic E-state index is 13.9. The summed E-state index contributed by atoms with van der Waals surface area (Å²) < 4.78 is 30.7. The van der Waals surface area contributed by atoms with Gasteiger partial charge in [-0.25, -0.2) is 4.90 Å². The molecule has 4 heterocycles. The van der Waals surface area contributed by atoms with Gasteiger partial charge in [0.2, 0.25) is 12.8 Å². The molecule has 14 heteroatoms. The SMILES string of the molecule is CC.CNC/C=C1/CN2C(O)O[C@]2(C)[C@@H](C)OC(=O)C(C)C(=O)[C@H](C)[C@@H](OC2CC(N(C)C)CC(C)O2)[C@](C)(OC)C[C@H]1C.O=CNCc1ccc(-c2cccnc2)cc1. The molecular formula is C46H73N5O9. The van der Waals surface area contributed by atoms with Crippen LogP contribution in [0.4, 0.5) is 0 Å². The zero-order chi connectivity index (χ0) is 44.8. The fourth-order valence-electron chi connectivity index (χ4n) is 8.07. The number of rotatable bonds is 10. The third-order valence-corrected chi connectivity index (χ3v) is 12.1. The van der Waals surface area contributed by atoms with Gasteiger partial charge in [0.1, 0.15) is 12.0 Å². The molecule has 0 spiro atoms. The van der Waals surface area contributed by atoms with E-state index in [0.717, 1.165) is 28.7 Å². The molecule has 5 rings (SSSR count). The number of cyclic esters (lactones) is 1. The monoisotopic (exact) mass is 840 g/mol. The van der Waals surface area contributed by atoms with E-state index in [2.05, 4.69) is 33.5 Å². The first-order valence-corrected chi connectivity index (χ1v) is 21.4. The summed E-state index contributed by atoms with van der Waals surface area (Å²) in [4.78, 5) is 45.4. The number of hydrogen-bond donors (Lipinski definition) is 3. The zero-order valence-electron chi connectivity index (χ0n) is 38.3. The highest BCUT2D eigenvalue weighted by Gasteiger charge is 2.56. The van der Waals surface area contributed by atoms with Crippen LogP contribution in [0, 0.1) is 17.8 Å². The second kappa shape index (κ2) is 23.6. The van der Waals surface area contributed by atoms with E-state index in [1.165, 1.54) is 0 Å². The molecular weight excluding hydrogens is 767 g/mol. The quantitative estimate of drug-likeness (QED) is 0.119. The summed E-state index contributed by atoms with van der Waals surface area (Å²) in [6.07, 6.45) is 5.31. The second-order valence-corrected chi connectivity index (χ2v) is 16.5. The fourth-order valence-corrected chi connectivity index (χ4v) is 8.07. The third-order valence-electron chi connectivity index (χ3n) is 12.1. The lowest BCUT2D eigenvalue weighted by Crippen LogP contribution is -2.72. The molecule has 1 aromatic carbocycles. The van der Waals surface area contributed by atoms with Crippen LogP contribution in [0.5, 0.6) is 0 Å². The average molecular weight is 840 g/mol. The van der Waals surface area contributed by atoms with E-state index in [4.69, 9.17) is 23.7 Å². The standard InChI is InChI=1S/C31H55N3O8.C13H12N2O.C2H6/c1-18-16-30(6,38-11)27(41-25-15-24(33(9)10)14-19(2)39-25)20(3)26(35)21(4)28(36)40-22(5)31(7)34(29(37)42-31)17-23(18)12-13-32-8;16-10-15-8-11-3-5-12(6-4-11)13-2-1-7-14-9-13;1-2/h12,18-22,24-25,27,29,32,37H,13-17H2,1-11H3;1-7,9-10H,8H2,(H,15,16);1-2H3/b23-12-;;/t18-,19?,20+,21?,22-,24?,25?,27-,29?,30-,31-;;/m1../s1. The number of benzene rings is 1. The van der Waals surface area contributed by atoms with E-state index in [9.17, 15) is 19.5 Å². The lowest BCUT2D eigenvalue weighted by molar-refractivity contribution is -0.434. The number of pyridine rings is 1. The van der Waals surface area contributed by atoms with Crippen molar-refractivity contribution in [2.24, 2.45) is 17.8 Å². The molecule has 0 saturated carbocycles. The number of fused-ring (bicyclic) bond motifs is 1. The number of ketones is 1. The Bertz CT molecular complexity index is 1660. The lowest BCUT2D eigenvalue weighted by Gasteiger charge is -2.56. The average Bonchev–Trinajstić information content (AvgIpc) is 3.24. The highest BCUT2D eigenvalue weighted by molar-refractivity contribution is 6.00. The molecule has 2 aromatic rings. The molecule has 14 nitrogen and oxygen atoms in total. The summed E-state index contributed by atoms with van der Waals surface area (Å²) in [5.74, 6) is -2.69. The van der Waals surface area contributed by atoms with Crippen LogP contribution in [-0.4, -0.2) is 128 Å². The molecule has 60 heavy (non-hydrogen) atoms. The number of Topliss-reactive ketones (excluding diaryl/α,β-unsaturated/α-hetero) is 1. The molecule has 3 fully saturated rings. The smallest absolute Gasteiger partial charge is 0.316 e. The minimum Gasteiger partial charge on any atom is -0.458 e. The number of hydrogen-bond acceptors (Lipinski definition) is 13. The predicted octanol–water partition coefficient (Wildman–Crippen LogP) is 5.54. The number of aliphatic hydroxyl groups excluding tert-OH is 1. The van der Waals surface area contributed by atoms with Crippen LogP contribution in [0.25, 0.3) is 11.1 Å². The molecule has 3 N–H and O–H groups in total. The highest BCUT2D eigenvalue weighted by Crippen LogP contribution is 2.41. The summed E-state index contributed by atoms with van der Waals surface area (Å²) in [6, 6.07) is 12.3. The van der Waals surface area contributed by atoms with Gasteiger partial charge in [-0.05, 0) is 97.3 Å². The van der Waals surface area contributed by atoms with Crippen LogP contribution >= 0.6 is 0 Å². The van der Waals surface area contributed by atoms with Crippen molar-refractivity contribution in [1.29, 1.82) is 0 Å². The van der Waals surface area contributed by atoms with Crippen LogP contribution in [0.2, 0.25) is 0 Å². The molecule has 336 valence electrons. The van der Waals surface area contributed by atoms with E-state index in [0.29, 0.717) is 38.9 Å². The minimum atomic E-state index is -1.15. The Balaban J connectivity index is 0.000000441. The van der Waals surface area contributed by atoms with Gasteiger partial charge >= 0.3 is 5.97 Å². The zero-order valence-corrected chi connectivity index (χ0v) is 38.3. The van der Waals surface area contributed by atoms with Crippen LogP contribution < -0.4 is 10.6 Å². The number of nitrogens with zero attached hydrogens (tertiary/aromatic N) is 3. The van der Waals surface area contributed by atoms with Gasteiger partial charge in [0.25, 0.3) is 0 Å². The molecule has 0 aliphatic carbocycles. The van der Waals surface area contributed by atoms with Gasteiger partial charge in [-0.2, -0.15) is 0 Å². The Hall–Kier alpha value is -3.60. The molecule has 3 aliphatic heterocycles. The summed E-state index contributed by atoms with van der Waals surface area (Å²) in [7, 11) is 7.61. The van der Waals surface area contributed by atoms with Gasteiger partial charge < -0.3 is 44.3 Å². The predicted molar refractivity (Wildman–Crippen MR) is 232 cm³/mol. The number of aliphatic hydroxyl groups is 1. The van der Waals surface area contributed by atoms with Gasteiger partial charge in [0, 0.05) is 57.5 Å². The molecule has 5 unspecified atom stereocenters. The Kier molecular flexibility index (Phi) is 19.9. The molecule has 3 aliphatic rings. The lowest BCUT2D eigenvalue weighted by atomic mass is 9.77. The summed E-state index contributed by atoms with van der Waals surface area (Å²) in [5, 5.41) is 16.4. The first-order valence-electron chi connectivity index (χ1n) is 21.4. The van der Waals surface area contributed by atoms with Crippen LogP contribution in [0.15, 0.2) is 60.4 Å². The van der Waals surface area contributed by atoms with E-state index >= 15 is 0 Å². The van der Waals surface area contributed by atoms with Gasteiger partial charge in [-0.3, -0.25) is 19.4 Å². The third kappa shape index (κ3) is 13.0. The van der Waals surface area contributed by atoms with Gasteiger partial charge in [-0.15, -0.1) is 0 Å². The van der Waals surface area contributed by atoms with Gasteiger partial charge in [0.15, 0.2) is 17.8 Å². The van der Waals surface area contributed by atoms with E-state index < -0.39 is 54.0 Å². The highest BCUT2D eigenvalue weighted by atomic mass is 16.7. The Morgan fingerprint density at radius 1 is 1.03 bits per heavy atom. The Morgan fingerprint density at radius 3 is 2.28 bits per heavy atom. The van der Waals surface area contributed by atoms with Gasteiger partial charge in [-0.1, -0.05) is 69.7 Å². The first kappa shape index (κ1) is 50.8. The number of methoxy groups -OCH3 is 1. The Labute approximate surface area is 358 Å². The maximum atomic E-state index is 13.9. The van der Waals surface area contributed by atoms with Crippen molar-refractivity contribution >= 4 is 18.2 Å². The topological polar surface area (TPSA) is 161 Å². The van der Waals surface area contributed by atoms with Crippen molar-refractivity contribution in [1.82, 2.24) is 25.4 Å². The van der Waals surface area contributed by atoms with E-state index in [-0.39, 0.29) is 23.8 Å². The van der Waals surface area contributed by atoms with Crippen molar-refractivity contribution < 1.29 is 43.2 Å². The number of aromatic nitrogens is 1. The summed E-state index contributed by atoms with van der Waals surface area (Å²) in [6.45, 7) is 18.6. The number of carbonyl (C=O) groups excluding carboxylic acids is 3. The van der Waals surface area contributed by atoms with Crippen molar-refractivity contribution in [3.63, 3.8) is 0 Å². The number of carbonyl (C=O) groups is 3. The molecule has 0 radical (unpaired) electrons. The maximum Gasteiger partial charge on any atom is 0.316 e. The number of nitrogens with one attached hydrogen (secondary N) is 2. The first-order chi connectivity index (χ1) is 28.5. The fraction of sp³-hybridized carbons (Fsp3) is 0.652. The van der Waals surface area contributed by atoms with Gasteiger partial charge in [0.05, 0.1) is 17.8 Å². The number of esters is 1. The van der Waals surface area contributed by atoms with Crippen molar-refractivity contribution in [3.8, 4) is 11.1 Å². The summed E-state index contributed by atoms with van der Waals surface area (Å²) in [5.41, 5.74) is 2.39. The molecule has 1 amide bonds. The molecule has 3 saturated heterocycles. The number of likely N-dealkylation sites (N-methyl/N-ethyl adjacent to an activating group) is 1. The van der Waals surface area contributed by atoms with Crippen molar-refractivity contribution in [2.75, 3.05) is 41.3 Å². The van der Waals surface area contributed by atoms with Crippen LogP contribution in [0.3, 0.4) is 0 Å². The molecule has 11 atom stereocenters. The Morgan fingerprint density at radius 2 is 1.72 bits per heavy atom. The molecule has 0 bridgehead atoms. The van der Waals surface area contributed by atoms with Crippen molar-refractivity contribution in [2.45, 2.75) is 137 Å². The molecule has 1 aromatic heterocycles. The van der Waals surface area contributed by atoms with E-state index in [1.807, 2.05) is 91.4 Å². The van der Waals surface area contributed by atoms with E-state index in [1.54, 1.807) is 45.9 Å². The second-order valence-electron chi connectivity index (χ2n) is 16.5. The number of ether oxygens (including phenoxy) is 5. The van der Waals surface area contributed by atoms with Crippen LogP contribution in [0.1, 0.15) is 87.1 Å². The minimum absolute atomic E-state index is 0.0145. The normalized spacial score (nSPS) is 33.5.